The third-order valence-corrected chi connectivity index (χ3v) is 6.58. The minimum Gasteiger partial charge on any atom is -0.360 e. The van der Waals surface area contributed by atoms with Crippen LogP contribution in [0, 0.1) is 0 Å². The van der Waals surface area contributed by atoms with E-state index in [1.54, 1.807) is 16.2 Å². The molecule has 1 aromatic carbocycles. The minimum absolute atomic E-state index is 0.0845. The summed E-state index contributed by atoms with van der Waals surface area (Å²) >= 11 is 4.68. The van der Waals surface area contributed by atoms with Crippen molar-refractivity contribution in [3.63, 3.8) is 0 Å². The summed E-state index contributed by atoms with van der Waals surface area (Å²) in [6.45, 7) is 1.45. The first kappa shape index (κ1) is 18.9. The summed E-state index contributed by atoms with van der Waals surface area (Å²) in [5.74, 6) is 0.453. The molecule has 0 saturated heterocycles. The normalized spacial score (nSPS) is 10.7. The van der Waals surface area contributed by atoms with Gasteiger partial charge in [-0.3, -0.25) is 4.79 Å². The maximum Gasteiger partial charge on any atom is 0.233 e. The Morgan fingerprint density at radius 2 is 2.04 bits per heavy atom. The number of thioether (sulfide) groups is 1. The van der Waals surface area contributed by atoms with Crippen LogP contribution < -0.4 is 5.32 Å². The van der Waals surface area contributed by atoms with E-state index in [-0.39, 0.29) is 5.91 Å². The van der Waals surface area contributed by atoms with Gasteiger partial charge in [0, 0.05) is 25.0 Å². The molecule has 0 radical (unpaired) electrons. The fourth-order valence-corrected chi connectivity index (χ4v) is 4.69. The summed E-state index contributed by atoms with van der Waals surface area (Å²) in [6.07, 6.45) is 0.975. The van der Waals surface area contributed by atoms with Gasteiger partial charge in [-0.1, -0.05) is 59.5 Å². The van der Waals surface area contributed by atoms with Crippen LogP contribution in [0.3, 0.4) is 0 Å². The van der Waals surface area contributed by atoms with E-state index in [1.165, 1.54) is 28.0 Å². The predicted molar refractivity (Wildman–Crippen MR) is 110 cm³/mol. The summed E-state index contributed by atoms with van der Waals surface area (Å²) < 4.78 is 0.810. The summed E-state index contributed by atoms with van der Waals surface area (Å²) in [4.78, 5) is 15.4. The number of carbonyl (C=O) groups excluding carboxylic acids is 1. The Morgan fingerprint density at radius 3 is 2.81 bits per heavy atom. The summed E-state index contributed by atoms with van der Waals surface area (Å²) in [7, 11) is 1.83. The molecule has 8 heteroatoms. The van der Waals surface area contributed by atoms with Gasteiger partial charge in [-0.25, -0.2) is 0 Å². The smallest absolute Gasteiger partial charge is 0.233 e. The number of nitrogens with one attached hydrogen (secondary N) is 1. The van der Waals surface area contributed by atoms with Gasteiger partial charge in [0.25, 0.3) is 0 Å². The third-order valence-electron chi connectivity index (χ3n) is 3.64. The summed E-state index contributed by atoms with van der Waals surface area (Å²) in [5.41, 5.74) is 1.13. The first-order chi connectivity index (χ1) is 12.7. The Kier molecular flexibility index (Phi) is 7.04. The van der Waals surface area contributed by atoms with E-state index in [0.717, 1.165) is 28.0 Å². The molecule has 1 amide bonds. The molecule has 0 spiro atoms. The minimum atomic E-state index is 0.0845. The van der Waals surface area contributed by atoms with Crippen LogP contribution in [0.4, 0.5) is 5.13 Å². The second kappa shape index (κ2) is 9.70. The van der Waals surface area contributed by atoms with Crippen LogP contribution in [0.1, 0.15) is 10.4 Å². The van der Waals surface area contributed by atoms with Gasteiger partial charge in [0.15, 0.2) is 4.34 Å². The highest BCUT2D eigenvalue weighted by molar-refractivity contribution is 8.01. The fraction of sp³-hybridized carbons (Fsp3) is 0.278. The zero-order valence-corrected chi connectivity index (χ0v) is 16.9. The molecule has 0 aliphatic rings. The molecule has 0 unspecified atom stereocenters. The van der Waals surface area contributed by atoms with E-state index < -0.39 is 0 Å². The second-order valence-corrected chi connectivity index (χ2v) is 8.89. The number of thiophene rings is 1. The molecule has 2 aromatic heterocycles. The molecule has 3 rings (SSSR count). The number of rotatable bonds is 9. The van der Waals surface area contributed by atoms with Gasteiger partial charge in [0.1, 0.15) is 0 Å². The highest BCUT2D eigenvalue weighted by Crippen LogP contribution is 2.25. The van der Waals surface area contributed by atoms with Crippen molar-refractivity contribution in [1.29, 1.82) is 0 Å². The van der Waals surface area contributed by atoms with Crippen molar-refractivity contribution in [3.8, 4) is 0 Å². The Balaban J connectivity index is 1.40. The van der Waals surface area contributed by atoms with Gasteiger partial charge >= 0.3 is 0 Å². The molecule has 1 N–H and O–H groups in total. The van der Waals surface area contributed by atoms with E-state index in [0.29, 0.717) is 12.3 Å². The standard InChI is InChI=1S/C18H20N4OS3/c1-22(12-14-6-3-2-4-7-14)16(23)13-25-18-21-20-17(26-18)19-10-9-15-8-5-11-24-15/h2-8,11H,9-10,12-13H2,1H3,(H,19,20). The van der Waals surface area contributed by atoms with Crippen LogP contribution in [-0.2, 0) is 17.8 Å². The zero-order valence-electron chi connectivity index (χ0n) is 14.4. The predicted octanol–water partition coefficient (Wildman–Crippen LogP) is 4.00. The lowest BCUT2D eigenvalue weighted by molar-refractivity contribution is -0.127. The van der Waals surface area contributed by atoms with Crippen molar-refractivity contribution in [2.75, 3.05) is 24.7 Å². The molecule has 0 bridgehead atoms. The van der Waals surface area contributed by atoms with E-state index in [9.17, 15) is 4.79 Å². The Hall–Kier alpha value is -1.90. The molecular weight excluding hydrogens is 384 g/mol. The molecule has 3 aromatic rings. The van der Waals surface area contributed by atoms with Crippen LogP contribution in [0.5, 0.6) is 0 Å². The largest absolute Gasteiger partial charge is 0.360 e. The number of hydrogen-bond donors (Lipinski definition) is 1. The van der Waals surface area contributed by atoms with E-state index >= 15 is 0 Å². The molecule has 2 heterocycles. The maximum atomic E-state index is 12.3. The molecule has 0 atom stereocenters. The number of benzene rings is 1. The first-order valence-electron chi connectivity index (χ1n) is 8.21. The third kappa shape index (κ3) is 5.82. The van der Waals surface area contributed by atoms with Gasteiger partial charge in [0.2, 0.25) is 11.0 Å². The lowest BCUT2D eigenvalue weighted by Crippen LogP contribution is -2.27. The van der Waals surface area contributed by atoms with E-state index in [4.69, 9.17) is 0 Å². The van der Waals surface area contributed by atoms with E-state index in [2.05, 4.69) is 33.0 Å². The molecular formula is C18H20N4OS3. The fourth-order valence-electron chi connectivity index (χ4n) is 2.27. The van der Waals surface area contributed by atoms with Gasteiger partial charge in [0.05, 0.1) is 5.75 Å². The second-order valence-electron chi connectivity index (χ2n) is 5.65. The number of hydrogen-bond acceptors (Lipinski definition) is 7. The SMILES string of the molecule is CN(Cc1ccccc1)C(=O)CSc1nnc(NCCc2cccs2)s1. The lowest BCUT2D eigenvalue weighted by Gasteiger charge is -2.16. The van der Waals surface area contributed by atoms with Crippen LogP contribution in [0.25, 0.3) is 0 Å². The van der Waals surface area contributed by atoms with Crippen molar-refractivity contribution in [1.82, 2.24) is 15.1 Å². The zero-order chi connectivity index (χ0) is 18.2. The Morgan fingerprint density at radius 1 is 1.19 bits per heavy atom. The Bertz CT molecular complexity index is 805. The lowest BCUT2D eigenvalue weighted by atomic mass is 10.2. The first-order valence-corrected chi connectivity index (χ1v) is 10.9. The van der Waals surface area contributed by atoms with E-state index in [1.807, 2.05) is 37.4 Å². The van der Waals surface area contributed by atoms with Crippen LogP contribution in [-0.4, -0.2) is 40.3 Å². The van der Waals surface area contributed by atoms with Gasteiger partial charge < -0.3 is 10.2 Å². The highest BCUT2D eigenvalue weighted by atomic mass is 32.2. The number of aromatic nitrogens is 2. The quantitative estimate of drug-likeness (QED) is 0.546. The molecule has 0 aliphatic carbocycles. The number of nitrogens with zero attached hydrogens (tertiary/aromatic N) is 3. The number of anilines is 1. The summed E-state index contributed by atoms with van der Waals surface area (Å²) in [6, 6.07) is 14.2. The Labute approximate surface area is 165 Å². The topological polar surface area (TPSA) is 58.1 Å². The van der Waals surface area contributed by atoms with Gasteiger partial charge in [-0.05, 0) is 23.4 Å². The maximum absolute atomic E-state index is 12.3. The van der Waals surface area contributed by atoms with Gasteiger partial charge in [-0.2, -0.15) is 0 Å². The van der Waals surface area contributed by atoms with Crippen LogP contribution in [0.2, 0.25) is 0 Å². The number of carbonyl (C=O) groups is 1. The molecule has 26 heavy (non-hydrogen) atoms. The molecule has 0 fully saturated rings. The van der Waals surface area contributed by atoms with Crippen molar-refractivity contribution < 1.29 is 4.79 Å². The summed E-state index contributed by atoms with van der Waals surface area (Å²) in [5, 5.41) is 14.5. The molecule has 0 saturated carbocycles. The molecule has 0 aliphatic heterocycles. The monoisotopic (exact) mass is 404 g/mol. The van der Waals surface area contributed by atoms with Crippen molar-refractivity contribution in [2.45, 2.75) is 17.3 Å². The molecule has 5 nitrogen and oxygen atoms in total. The van der Waals surface area contributed by atoms with Gasteiger partial charge in [-0.15, -0.1) is 21.5 Å². The van der Waals surface area contributed by atoms with Crippen LogP contribution >= 0.6 is 34.4 Å². The van der Waals surface area contributed by atoms with Crippen molar-refractivity contribution >= 4 is 45.5 Å². The van der Waals surface area contributed by atoms with Crippen molar-refractivity contribution in [2.24, 2.45) is 0 Å². The van der Waals surface area contributed by atoms with Crippen molar-refractivity contribution in [3.05, 3.63) is 58.3 Å². The number of amides is 1. The van der Waals surface area contributed by atoms with Crippen LogP contribution in [0.15, 0.2) is 52.2 Å². The average molecular weight is 405 g/mol. The molecule has 136 valence electrons. The average Bonchev–Trinajstić information content (AvgIpc) is 3.32. The highest BCUT2D eigenvalue weighted by Gasteiger charge is 2.12.